The number of aromatic nitrogens is 1. The van der Waals surface area contributed by atoms with Gasteiger partial charge in [-0.25, -0.2) is 0 Å². The van der Waals surface area contributed by atoms with Gasteiger partial charge in [-0.3, -0.25) is 14.6 Å². The van der Waals surface area contributed by atoms with Gasteiger partial charge in [-0.05, 0) is 36.6 Å². The number of nitrogens with one attached hydrogen (secondary N) is 1. The SMILES string of the molecule is O=C(Cc1cccc(OCc2cccnc2)c1)N[C@H]1CCCCC[C@H]1C(=O)O. The summed E-state index contributed by atoms with van der Waals surface area (Å²) in [5.74, 6) is -0.784. The van der Waals surface area contributed by atoms with Crippen LogP contribution in [0.15, 0.2) is 48.8 Å². The van der Waals surface area contributed by atoms with Crippen molar-refractivity contribution in [2.45, 2.75) is 51.2 Å². The lowest BCUT2D eigenvalue weighted by Gasteiger charge is -2.23. The fourth-order valence-electron chi connectivity index (χ4n) is 3.61. The predicted molar refractivity (Wildman–Crippen MR) is 105 cm³/mol. The van der Waals surface area contributed by atoms with Gasteiger partial charge in [0.05, 0.1) is 12.3 Å². The molecule has 1 heterocycles. The molecule has 1 aliphatic carbocycles. The first kappa shape index (κ1) is 19.9. The van der Waals surface area contributed by atoms with Crippen LogP contribution in [0.1, 0.15) is 43.2 Å². The number of pyridine rings is 1. The molecule has 1 fully saturated rings. The molecule has 2 N–H and O–H groups in total. The van der Waals surface area contributed by atoms with E-state index in [1.54, 1.807) is 12.4 Å². The van der Waals surface area contributed by atoms with E-state index in [2.05, 4.69) is 10.3 Å². The van der Waals surface area contributed by atoms with E-state index in [1.165, 1.54) is 0 Å². The molecule has 0 bridgehead atoms. The number of ether oxygens (including phenoxy) is 1. The molecule has 148 valence electrons. The van der Waals surface area contributed by atoms with Crippen molar-refractivity contribution in [1.82, 2.24) is 10.3 Å². The van der Waals surface area contributed by atoms with Gasteiger partial charge in [-0.1, -0.05) is 37.5 Å². The minimum atomic E-state index is -0.821. The van der Waals surface area contributed by atoms with Gasteiger partial charge in [0.25, 0.3) is 0 Å². The lowest BCUT2D eigenvalue weighted by atomic mass is 9.94. The number of carbonyl (C=O) groups is 2. The van der Waals surface area contributed by atoms with Crippen LogP contribution in [0.3, 0.4) is 0 Å². The minimum Gasteiger partial charge on any atom is -0.489 e. The zero-order valence-corrected chi connectivity index (χ0v) is 15.8. The van der Waals surface area contributed by atoms with E-state index in [9.17, 15) is 14.7 Å². The van der Waals surface area contributed by atoms with Crippen LogP contribution in [0.4, 0.5) is 0 Å². The Bertz CT molecular complexity index is 794. The number of amides is 1. The number of rotatable bonds is 7. The topological polar surface area (TPSA) is 88.5 Å². The molecular formula is C22H26N2O4. The van der Waals surface area contributed by atoms with Gasteiger partial charge >= 0.3 is 5.97 Å². The van der Waals surface area contributed by atoms with E-state index >= 15 is 0 Å². The summed E-state index contributed by atoms with van der Waals surface area (Å²) in [5, 5.41) is 12.4. The van der Waals surface area contributed by atoms with Gasteiger partial charge in [0.2, 0.25) is 5.91 Å². The Morgan fingerprint density at radius 3 is 2.71 bits per heavy atom. The number of carboxylic acid groups (broad SMARTS) is 1. The van der Waals surface area contributed by atoms with Gasteiger partial charge in [-0.15, -0.1) is 0 Å². The molecule has 1 aromatic carbocycles. The van der Waals surface area contributed by atoms with E-state index in [1.807, 2.05) is 36.4 Å². The van der Waals surface area contributed by atoms with Crippen molar-refractivity contribution < 1.29 is 19.4 Å². The van der Waals surface area contributed by atoms with Crippen LogP contribution in [0.5, 0.6) is 5.75 Å². The van der Waals surface area contributed by atoms with Gasteiger partial charge in [0.15, 0.2) is 0 Å². The highest BCUT2D eigenvalue weighted by Gasteiger charge is 2.30. The summed E-state index contributed by atoms with van der Waals surface area (Å²) in [6.07, 6.45) is 7.88. The number of hydrogen-bond acceptors (Lipinski definition) is 4. The third kappa shape index (κ3) is 5.81. The first-order chi connectivity index (χ1) is 13.6. The fraction of sp³-hybridized carbons (Fsp3) is 0.409. The maximum Gasteiger partial charge on any atom is 0.308 e. The molecule has 1 aromatic heterocycles. The largest absolute Gasteiger partial charge is 0.489 e. The third-order valence-electron chi connectivity index (χ3n) is 5.07. The highest BCUT2D eigenvalue weighted by Crippen LogP contribution is 2.24. The smallest absolute Gasteiger partial charge is 0.308 e. The molecule has 0 spiro atoms. The van der Waals surface area contributed by atoms with Crippen LogP contribution in [-0.4, -0.2) is 28.0 Å². The zero-order valence-electron chi connectivity index (χ0n) is 15.8. The zero-order chi connectivity index (χ0) is 19.8. The number of nitrogens with zero attached hydrogens (tertiary/aromatic N) is 1. The first-order valence-corrected chi connectivity index (χ1v) is 9.74. The molecular weight excluding hydrogens is 356 g/mol. The standard InChI is InChI=1S/C22H26N2O4/c25-21(24-20-10-3-1-2-9-19(20)22(26)27)13-16-6-4-8-18(12-16)28-15-17-7-5-11-23-14-17/h4-8,11-12,14,19-20H,1-3,9-10,13,15H2,(H,24,25)(H,26,27)/t19-,20+/m1/s1. The minimum absolute atomic E-state index is 0.150. The van der Waals surface area contributed by atoms with Crippen molar-refractivity contribution in [3.8, 4) is 5.75 Å². The molecule has 28 heavy (non-hydrogen) atoms. The number of benzene rings is 1. The number of carboxylic acids is 1. The highest BCUT2D eigenvalue weighted by molar-refractivity contribution is 5.80. The van der Waals surface area contributed by atoms with Crippen molar-refractivity contribution in [3.63, 3.8) is 0 Å². The normalized spacial score (nSPS) is 19.4. The lowest BCUT2D eigenvalue weighted by molar-refractivity contribution is -0.143. The first-order valence-electron chi connectivity index (χ1n) is 9.74. The number of carbonyl (C=O) groups excluding carboxylic acids is 1. The Morgan fingerprint density at radius 2 is 1.93 bits per heavy atom. The average Bonchev–Trinajstić information content (AvgIpc) is 2.93. The Kier molecular flexibility index (Phi) is 7.00. The van der Waals surface area contributed by atoms with Gasteiger partial charge < -0.3 is 15.2 Å². The molecule has 2 aromatic rings. The summed E-state index contributed by atoms with van der Waals surface area (Å²) in [7, 11) is 0. The summed E-state index contributed by atoms with van der Waals surface area (Å²) >= 11 is 0. The van der Waals surface area contributed by atoms with Gasteiger partial charge in [-0.2, -0.15) is 0 Å². The van der Waals surface area contributed by atoms with Crippen molar-refractivity contribution >= 4 is 11.9 Å². The summed E-state index contributed by atoms with van der Waals surface area (Å²) in [5.41, 5.74) is 1.81. The van der Waals surface area contributed by atoms with Crippen molar-refractivity contribution in [2.24, 2.45) is 5.92 Å². The van der Waals surface area contributed by atoms with E-state index < -0.39 is 11.9 Å². The Morgan fingerprint density at radius 1 is 1.11 bits per heavy atom. The van der Waals surface area contributed by atoms with Crippen LogP contribution in [0, 0.1) is 5.92 Å². The molecule has 0 radical (unpaired) electrons. The molecule has 1 amide bonds. The van der Waals surface area contributed by atoms with Crippen LogP contribution < -0.4 is 10.1 Å². The van der Waals surface area contributed by atoms with E-state index in [-0.39, 0.29) is 18.4 Å². The molecule has 0 aliphatic heterocycles. The van der Waals surface area contributed by atoms with Gasteiger partial charge in [0.1, 0.15) is 12.4 Å². The molecule has 1 aliphatic rings. The Hall–Kier alpha value is -2.89. The van der Waals surface area contributed by atoms with Crippen LogP contribution in [0.2, 0.25) is 0 Å². The Labute approximate surface area is 164 Å². The summed E-state index contributed by atoms with van der Waals surface area (Å²) in [6.45, 7) is 0.409. The number of aliphatic carboxylic acids is 1. The van der Waals surface area contributed by atoms with Crippen molar-refractivity contribution in [2.75, 3.05) is 0 Å². The maximum absolute atomic E-state index is 12.5. The molecule has 1 saturated carbocycles. The predicted octanol–water partition coefficient (Wildman–Crippen LogP) is 3.35. The van der Waals surface area contributed by atoms with Crippen LogP contribution in [0.25, 0.3) is 0 Å². The van der Waals surface area contributed by atoms with E-state index in [0.717, 1.165) is 36.8 Å². The average molecular weight is 382 g/mol. The van der Waals surface area contributed by atoms with E-state index in [4.69, 9.17) is 4.74 Å². The molecule has 2 atom stereocenters. The summed E-state index contributed by atoms with van der Waals surface area (Å²) < 4.78 is 5.78. The summed E-state index contributed by atoms with van der Waals surface area (Å²) in [6, 6.07) is 10.9. The van der Waals surface area contributed by atoms with Crippen LogP contribution in [-0.2, 0) is 22.6 Å². The highest BCUT2D eigenvalue weighted by atomic mass is 16.5. The molecule has 0 unspecified atom stereocenters. The second kappa shape index (κ2) is 9.88. The second-order valence-corrected chi connectivity index (χ2v) is 7.23. The summed E-state index contributed by atoms with van der Waals surface area (Å²) in [4.78, 5) is 28.1. The van der Waals surface area contributed by atoms with Crippen LogP contribution >= 0.6 is 0 Å². The van der Waals surface area contributed by atoms with E-state index in [0.29, 0.717) is 18.8 Å². The molecule has 6 nitrogen and oxygen atoms in total. The molecule has 0 saturated heterocycles. The van der Waals surface area contributed by atoms with Gasteiger partial charge in [0, 0.05) is 24.0 Å². The lowest BCUT2D eigenvalue weighted by Crippen LogP contribution is -2.43. The second-order valence-electron chi connectivity index (χ2n) is 7.23. The van der Waals surface area contributed by atoms with Crippen molar-refractivity contribution in [1.29, 1.82) is 0 Å². The Balaban J connectivity index is 1.56. The van der Waals surface area contributed by atoms with Crippen molar-refractivity contribution in [3.05, 3.63) is 59.9 Å². The maximum atomic E-state index is 12.5. The molecule has 6 heteroatoms. The fourth-order valence-corrected chi connectivity index (χ4v) is 3.61. The molecule has 3 rings (SSSR count). The number of hydrogen-bond donors (Lipinski definition) is 2. The third-order valence-corrected chi connectivity index (χ3v) is 5.07. The monoisotopic (exact) mass is 382 g/mol. The quantitative estimate of drug-likeness (QED) is 0.717.